The first kappa shape index (κ1) is 25.2. The van der Waals surface area contributed by atoms with Crippen LogP contribution in [0, 0.1) is 26.7 Å². The molecular weight excluding hydrogens is 461 g/mol. The Morgan fingerprint density at radius 3 is 2.39 bits per heavy atom. The lowest BCUT2D eigenvalue weighted by atomic mass is 9.87. The van der Waals surface area contributed by atoms with E-state index < -0.39 is 11.0 Å². The fourth-order valence-electron chi connectivity index (χ4n) is 4.43. The zero-order chi connectivity index (χ0) is 22.8. The molecule has 0 bridgehead atoms. The highest BCUT2D eigenvalue weighted by Gasteiger charge is 2.49. The van der Waals surface area contributed by atoms with Crippen molar-refractivity contribution < 1.29 is 9.32 Å². The van der Waals surface area contributed by atoms with E-state index in [1.165, 1.54) is 5.56 Å². The van der Waals surface area contributed by atoms with Crippen LogP contribution in [-0.2, 0) is 21.1 Å². The van der Waals surface area contributed by atoms with Crippen molar-refractivity contribution in [2.75, 3.05) is 23.4 Å². The van der Waals surface area contributed by atoms with Crippen LogP contribution in [0.5, 0.6) is 0 Å². The maximum Gasteiger partial charge on any atom is 0.256 e. The van der Waals surface area contributed by atoms with Gasteiger partial charge in [-0.3, -0.25) is 4.79 Å². The minimum Gasteiger partial charge on any atom is -0.458 e. The number of rotatable bonds is 8. The predicted octanol–water partition coefficient (Wildman–Crippen LogP) is 6.84. The van der Waals surface area contributed by atoms with Crippen molar-refractivity contribution in [3.63, 3.8) is 0 Å². The average Bonchev–Trinajstić information content (AvgIpc) is 2.92. The summed E-state index contributed by atoms with van der Waals surface area (Å²) >= 11 is 9.92. The molecule has 31 heavy (non-hydrogen) atoms. The Hall–Kier alpha value is -0.420. The topological polar surface area (TPSA) is 38.3 Å². The van der Waals surface area contributed by atoms with Crippen LogP contribution in [0.15, 0.2) is 17.9 Å². The average molecular weight is 498 g/mol. The van der Waals surface area contributed by atoms with Gasteiger partial charge in [-0.2, -0.15) is 11.8 Å². The van der Waals surface area contributed by atoms with E-state index in [0.717, 1.165) is 70.7 Å². The number of thioether (sulfide) groups is 1. The molecule has 1 spiro atoms. The third kappa shape index (κ3) is 5.57. The Morgan fingerprint density at radius 1 is 1.23 bits per heavy atom. The molecule has 1 saturated heterocycles. The molecule has 1 fully saturated rings. The highest BCUT2D eigenvalue weighted by atomic mass is 32.9. The number of amides is 1. The molecule has 0 aliphatic carbocycles. The first-order valence-electron chi connectivity index (χ1n) is 11.3. The van der Waals surface area contributed by atoms with Crippen LogP contribution in [-0.4, -0.2) is 34.9 Å². The van der Waals surface area contributed by atoms with Crippen LogP contribution in [0.2, 0.25) is 0 Å². The Kier molecular flexibility index (Phi) is 8.32. The Bertz CT molecular complexity index is 896. The van der Waals surface area contributed by atoms with Crippen LogP contribution < -0.4 is 5.32 Å². The molecule has 0 aromatic heterocycles. The summed E-state index contributed by atoms with van der Waals surface area (Å²) in [5.74, 6) is 4.57. The van der Waals surface area contributed by atoms with Crippen molar-refractivity contribution in [1.82, 2.24) is 5.32 Å². The lowest BCUT2D eigenvalue weighted by molar-refractivity contribution is -0.116. The molecule has 0 radical (unpaired) electrons. The first-order valence-corrected chi connectivity index (χ1v) is 16.9. The molecule has 2 aliphatic heterocycles. The van der Waals surface area contributed by atoms with E-state index in [1.807, 2.05) is 23.1 Å². The van der Waals surface area contributed by atoms with Crippen LogP contribution >= 0.6 is 28.6 Å². The van der Waals surface area contributed by atoms with Gasteiger partial charge in [0.05, 0.1) is 5.57 Å². The Labute approximate surface area is 201 Å². The summed E-state index contributed by atoms with van der Waals surface area (Å²) in [7, 11) is 0. The summed E-state index contributed by atoms with van der Waals surface area (Å²) in [6.45, 7) is 12.9. The van der Waals surface area contributed by atoms with Gasteiger partial charge in [-0.15, -0.1) is 0 Å². The van der Waals surface area contributed by atoms with Gasteiger partial charge < -0.3 is 9.84 Å². The van der Waals surface area contributed by atoms with E-state index in [9.17, 15) is 4.79 Å². The van der Waals surface area contributed by atoms with Gasteiger partial charge in [0.25, 0.3) is 5.91 Å². The van der Waals surface area contributed by atoms with Gasteiger partial charge in [-0.25, -0.2) is 0 Å². The van der Waals surface area contributed by atoms with Gasteiger partial charge in [-0.05, 0) is 86.0 Å². The molecule has 0 saturated carbocycles. The highest BCUT2D eigenvalue weighted by molar-refractivity contribution is 8.69. The second-order valence-electron chi connectivity index (χ2n) is 9.16. The number of carbonyl (C=O) groups is 1. The minimum atomic E-state index is -2.13. The van der Waals surface area contributed by atoms with Gasteiger partial charge in [0, 0.05) is 11.9 Å². The van der Waals surface area contributed by atoms with Crippen molar-refractivity contribution in [3.05, 3.63) is 40.1 Å². The largest absolute Gasteiger partial charge is 0.458 e. The SMILES string of the molecule is CCP(=S)(OC1=C(c2c(C)cc(C)cc2C)C(=O)NC12CCSCC2)SCCC(C)C. The third-order valence-corrected chi connectivity index (χ3v) is 13.8. The monoisotopic (exact) mass is 497 g/mol. The molecule has 2 heterocycles. The molecule has 1 aromatic rings. The van der Waals surface area contributed by atoms with Crippen LogP contribution in [0.4, 0.5) is 0 Å². The summed E-state index contributed by atoms with van der Waals surface area (Å²) in [6, 6.07) is 4.32. The molecule has 1 aromatic carbocycles. The second-order valence-corrected chi connectivity index (χ2v) is 18.1. The molecule has 1 atom stereocenters. The predicted molar refractivity (Wildman–Crippen MR) is 143 cm³/mol. The highest BCUT2D eigenvalue weighted by Crippen LogP contribution is 2.64. The van der Waals surface area contributed by atoms with E-state index in [2.05, 4.69) is 59.0 Å². The summed E-state index contributed by atoms with van der Waals surface area (Å²) in [6.07, 6.45) is 3.77. The van der Waals surface area contributed by atoms with E-state index >= 15 is 0 Å². The number of aryl methyl sites for hydroxylation is 3. The van der Waals surface area contributed by atoms with E-state index in [0.29, 0.717) is 5.92 Å². The van der Waals surface area contributed by atoms with Crippen molar-refractivity contribution in [2.45, 2.75) is 66.3 Å². The summed E-state index contributed by atoms with van der Waals surface area (Å²) in [5, 5.41) is 3.37. The fourth-order valence-corrected chi connectivity index (χ4v) is 10.4. The summed E-state index contributed by atoms with van der Waals surface area (Å²) < 4.78 is 6.88. The molecule has 3 nitrogen and oxygen atoms in total. The molecule has 1 amide bonds. The van der Waals surface area contributed by atoms with Crippen LogP contribution in [0.1, 0.15) is 62.3 Å². The van der Waals surface area contributed by atoms with Crippen LogP contribution in [0.3, 0.4) is 0 Å². The normalized spacial score (nSPS) is 20.3. The number of benzene rings is 1. The van der Waals surface area contributed by atoms with Crippen molar-refractivity contribution >= 4 is 51.9 Å². The van der Waals surface area contributed by atoms with Crippen molar-refractivity contribution in [2.24, 2.45) is 5.92 Å². The molecule has 1 N–H and O–H groups in total. The Balaban J connectivity index is 2.10. The molecule has 7 heteroatoms. The molecule has 2 aliphatic rings. The maximum absolute atomic E-state index is 13.4. The lowest BCUT2D eigenvalue weighted by Crippen LogP contribution is -2.47. The standard InChI is InChI=1S/C24H36NO2PS3/c1-7-28(29,31-11-8-16(2)3)27-22-21(20-18(5)14-17(4)15-19(20)6)23(26)25-24(22)9-12-30-13-10-24/h14-16H,7-13H2,1-6H3,(H,25,26). The van der Waals surface area contributed by atoms with Gasteiger partial charge in [0.15, 0.2) is 5.47 Å². The first-order chi connectivity index (χ1) is 14.6. The maximum atomic E-state index is 13.4. The van der Waals surface area contributed by atoms with Gasteiger partial charge in [-0.1, -0.05) is 49.8 Å². The van der Waals surface area contributed by atoms with Gasteiger partial charge in [0.2, 0.25) is 0 Å². The zero-order valence-electron chi connectivity index (χ0n) is 19.7. The number of carbonyl (C=O) groups excluding carboxylic acids is 1. The summed E-state index contributed by atoms with van der Waals surface area (Å²) in [5.41, 5.74) is 2.69. The van der Waals surface area contributed by atoms with Crippen LogP contribution in [0.25, 0.3) is 5.57 Å². The zero-order valence-corrected chi connectivity index (χ0v) is 23.0. The Morgan fingerprint density at radius 2 is 1.84 bits per heavy atom. The lowest BCUT2D eigenvalue weighted by Gasteiger charge is -2.37. The fraction of sp³-hybridized carbons (Fsp3) is 0.625. The number of nitrogens with one attached hydrogen (secondary N) is 1. The van der Waals surface area contributed by atoms with E-state index in [4.69, 9.17) is 16.3 Å². The minimum absolute atomic E-state index is 0.00165. The third-order valence-electron chi connectivity index (χ3n) is 6.12. The van der Waals surface area contributed by atoms with E-state index in [-0.39, 0.29) is 5.91 Å². The van der Waals surface area contributed by atoms with Crippen molar-refractivity contribution in [1.29, 1.82) is 0 Å². The van der Waals surface area contributed by atoms with Gasteiger partial charge in [0.1, 0.15) is 11.3 Å². The quantitative estimate of drug-likeness (QED) is 0.398. The smallest absolute Gasteiger partial charge is 0.256 e. The molecular formula is C24H36NO2PS3. The van der Waals surface area contributed by atoms with E-state index in [1.54, 1.807) is 0 Å². The molecule has 3 rings (SSSR count). The second kappa shape index (κ2) is 10.2. The van der Waals surface area contributed by atoms with Gasteiger partial charge >= 0.3 is 0 Å². The summed E-state index contributed by atoms with van der Waals surface area (Å²) in [4.78, 5) is 13.4. The molecule has 1 unspecified atom stereocenters. The number of hydrogen-bond acceptors (Lipinski definition) is 5. The number of hydrogen-bond donors (Lipinski definition) is 1. The molecule has 172 valence electrons. The van der Waals surface area contributed by atoms with Crippen molar-refractivity contribution in [3.8, 4) is 0 Å².